The fraction of sp³-hybridized carbons (Fsp3) is 0.0714. The highest BCUT2D eigenvalue weighted by Crippen LogP contribution is 2.15. The molecular formula is C28H26N4. The first-order valence-electron chi connectivity index (χ1n) is 10.4. The quantitative estimate of drug-likeness (QED) is 0.260. The standard InChI is InChI=1S/C28H26N4/c1-29-31-27-19-15-25(16-20-27)9-5-3-7-23-11-13-24(14-12-23)8-4-6-10-26-17-21-28(22-18-26)32-30-2/h3-22H,1-2H3. The number of benzene rings is 3. The van der Waals surface area contributed by atoms with E-state index in [1.54, 1.807) is 14.1 Å². The van der Waals surface area contributed by atoms with E-state index in [1.807, 2.05) is 72.8 Å². The molecule has 0 amide bonds. The van der Waals surface area contributed by atoms with Gasteiger partial charge in [-0.3, -0.25) is 0 Å². The zero-order valence-corrected chi connectivity index (χ0v) is 18.3. The van der Waals surface area contributed by atoms with Crippen LogP contribution in [0.2, 0.25) is 0 Å². The first kappa shape index (κ1) is 22.5. The van der Waals surface area contributed by atoms with E-state index in [-0.39, 0.29) is 0 Å². The van der Waals surface area contributed by atoms with E-state index in [2.05, 4.69) is 69.0 Å². The van der Waals surface area contributed by atoms with Crippen molar-refractivity contribution in [2.45, 2.75) is 0 Å². The zero-order valence-electron chi connectivity index (χ0n) is 18.3. The Kier molecular flexibility index (Phi) is 8.79. The summed E-state index contributed by atoms with van der Waals surface area (Å²) in [4.78, 5) is 0. The molecule has 0 aliphatic heterocycles. The van der Waals surface area contributed by atoms with Crippen molar-refractivity contribution >= 4 is 35.7 Å². The van der Waals surface area contributed by atoms with Crippen LogP contribution in [-0.4, -0.2) is 14.1 Å². The third kappa shape index (κ3) is 7.58. The molecule has 0 unspecified atom stereocenters. The second-order valence-corrected chi connectivity index (χ2v) is 6.89. The second-order valence-electron chi connectivity index (χ2n) is 6.89. The van der Waals surface area contributed by atoms with Crippen molar-refractivity contribution in [1.82, 2.24) is 0 Å². The molecular weight excluding hydrogens is 392 g/mol. The summed E-state index contributed by atoms with van der Waals surface area (Å²) in [5, 5.41) is 15.6. The molecule has 0 saturated heterocycles. The summed E-state index contributed by atoms with van der Waals surface area (Å²) >= 11 is 0. The van der Waals surface area contributed by atoms with E-state index < -0.39 is 0 Å². The smallest absolute Gasteiger partial charge is 0.0852 e. The molecule has 0 spiro atoms. The predicted octanol–water partition coefficient (Wildman–Crippen LogP) is 8.57. The molecule has 0 aliphatic carbocycles. The molecule has 0 saturated carbocycles. The van der Waals surface area contributed by atoms with Crippen LogP contribution in [0.3, 0.4) is 0 Å². The summed E-state index contributed by atoms with van der Waals surface area (Å²) in [7, 11) is 3.34. The molecule has 0 bridgehead atoms. The van der Waals surface area contributed by atoms with Crippen molar-refractivity contribution in [2.24, 2.45) is 20.5 Å². The molecule has 3 rings (SSSR count). The van der Waals surface area contributed by atoms with Gasteiger partial charge in [0, 0.05) is 14.1 Å². The Hall–Kier alpha value is -4.18. The zero-order chi connectivity index (χ0) is 22.4. The summed E-state index contributed by atoms with van der Waals surface area (Å²) < 4.78 is 0. The van der Waals surface area contributed by atoms with E-state index in [9.17, 15) is 0 Å². The SMILES string of the molecule is CN=Nc1ccc(C=CC=Cc2ccc(C=CC=Cc3ccc(N=NC)cc3)cc2)cc1. The van der Waals surface area contributed by atoms with Gasteiger partial charge in [0.05, 0.1) is 11.4 Å². The molecule has 4 heteroatoms. The summed E-state index contributed by atoms with van der Waals surface area (Å²) in [6, 6.07) is 24.4. The molecule has 0 aromatic heterocycles. The van der Waals surface area contributed by atoms with Gasteiger partial charge in [0.2, 0.25) is 0 Å². The van der Waals surface area contributed by atoms with Crippen LogP contribution in [0.1, 0.15) is 22.3 Å². The summed E-state index contributed by atoms with van der Waals surface area (Å²) in [5.74, 6) is 0. The third-order valence-corrected chi connectivity index (χ3v) is 4.53. The van der Waals surface area contributed by atoms with Crippen LogP contribution in [-0.2, 0) is 0 Å². The van der Waals surface area contributed by atoms with Crippen molar-refractivity contribution in [3.8, 4) is 0 Å². The molecule has 3 aromatic rings. The first-order chi connectivity index (χ1) is 15.8. The molecule has 0 N–H and O–H groups in total. The van der Waals surface area contributed by atoms with Gasteiger partial charge < -0.3 is 0 Å². The number of hydrogen-bond donors (Lipinski definition) is 0. The van der Waals surface area contributed by atoms with Gasteiger partial charge in [-0.25, -0.2) is 0 Å². The molecule has 0 heterocycles. The minimum atomic E-state index is 0.860. The summed E-state index contributed by atoms with van der Waals surface area (Å²) in [6.45, 7) is 0. The maximum absolute atomic E-state index is 4.01. The molecule has 158 valence electrons. The van der Waals surface area contributed by atoms with Gasteiger partial charge in [-0.05, 0) is 46.5 Å². The van der Waals surface area contributed by atoms with Crippen LogP contribution < -0.4 is 0 Å². The number of allylic oxidation sites excluding steroid dienone is 4. The van der Waals surface area contributed by atoms with Gasteiger partial charge in [0.15, 0.2) is 0 Å². The molecule has 3 aromatic carbocycles. The Labute approximate surface area is 189 Å². The number of hydrogen-bond acceptors (Lipinski definition) is 4. The lowest BCUT2D eigenvalue weighted by Crippen LogP contribution is -1.74. The first-order valence-corrected chi connectivity index (χ1v) is 10.4. The fourth-order valence-corrected chi connectivity index (χ4v) is 2.92. The lowest BCUT2D eigenvalue weighted by atomic mass is 10.1. The topological polar surface area (TPSA) is 49.4 Å². The molecule has 0 atom stereocenters. The Balaban J connectivity index is 1.50. The van der Waals surface area contributed by atoms with E-state index in [0.29, 0.717) is 0 Å². The van der Waals surface area contributed by atoms with E-state index in [1.165, 1.54) is 0 Å². The minimum absolute atomic E-state index is 0.860. The maximum Gasteiger partial charge on any atom is 0.0852 e. The Bertz CT molecular complexity index is 1050. The van der Waals surface area contributed by atoms with Crippen molar-refractivity contribution in [3.05, 3.63) is 119 Å². The average molecular weight is 419 g/mol. The highest BCUT2D eigenvalue weighted by molar-refractivity contribution is 5.62. The van der Waals surface area contributed by atoms with Crippen LogP contribution in [0.5, 0.6) is 0 Å². The van der Waals surface area contributed by atoms with Gasteiger partial charge >= 0.3 is 0 Å². The van der Waals surface area contributed by atoms with E-state index >= 15 is 0 Å². The molecule has 4 nitrogen and oxygen atoms in total. The van der Waals surface area contributed by atoms with Crippen LogP contribution >= 0.6 is 0 Å². The lowest BCUT2D eigenvalue weighted by molar-refractivity contribution is 1.17. The van der Waals surface area contributed by atoms with Gasteiger partial charge in [-0.2, -0.15) is 20.5 Å². The van der Waals surface area contributed by atoms with Crippen molar-refractivity contribution in [3.63, 3.8) is 0 Å². The second kappa shape index (κ2) is 12.5. The van der Waals surface area contributed by atoms with Crippen molar-refractivity contribution < 1.29 is 0 Å². The van der Waals surface area contributed by atoms with Crippen molar-refractivity contribution in [1.29, 1.82) is 0 Å². The lowest BCUT2D eigenvalue weighted by Gasteiger charge is -1.96. The van der Waals surface area contributed by atoms with Gasteiger partial charge in [-0.15, -0.1) is 0 Å². The van der Waals surface area contributed by atoms with Crippen LogP contribution in [0, 0.1) is 0 Å². The van der Waals surface area contributed by atoms with Crippen LogP contribution in [0.15, 0.2) is 118 Å². The minimum Gasteiger partial charge on any atom is -0.192 e. The van der Waals surface area contributed by atoms with Gasteiger partial charge in [-0.1, -0.05) is 97.1 Å². The monoisotopic (exact) mass is 418 g/mol. The van der Waals surface area contributed by atoms with Crippen molar-refractivity contribution in [2.75, 3.05) is 14.1 Å². The highest BCUT2D eigenvalue weighted by Gasteiger charge is 1.91. The fourth-order valence-electron chi connectivity index (χ4n) is 2.92. The molecule has 32 heavy (non-hydrogen) atoms. The highest BCUT2D eigenvalue weighted by atomic mass is 15.1. The summed E-state index contributed by atoms with van der Waals surface area (Å²) in [5.41, 5.74) is 6.29. The normalized spacial score (nSPS) is 12.6. The van der Waals surface area contributed by atoms with E-state index in [0.717, 1.165) is 33.6 Å². The molecule has 0 radical (unpaired) electrons. The number of nitrogens with zero attached hydrogens (tertiary/aromatic N) is 4. The Morgan fingerprint density at radius 2 is 0.656 bits per heavy atom. The Morgan fingerprint density at radius 3 is 0.906 bits per heavy atom. The van der Waals surface area contributed by atoms with Gasteiger partial charge in [0.25, 0.3) is 0 Å². The largest absolute Gasteiger partial charge is 0.192 e. The number of azo groups is 2. The third-order valence-electron chi connectivity index (χ3n) is 4.53. The van der Waals surface area contributed by atoms with Gasteiger partial charge in [0.1, 0.15) is 0 Å². The number of rotatable bonds is 8. The molecule has 0 aliphatic rings. The maximum atomic E-state index is 4.01. The van der Waals surface area contributed by atoms with E-state index in [4.69, 9.17) is 0 Å². The average Bonchev–Trinajstić information content (AvgIpc) is 2.83. The van der Waals surface area contributed by atoms with Crippen LogP contribution in [0.25, 0.3) is 24.3 Å². The molecule has 0 fully saturated rings. The summed E-state index contributed by atoms with van der Waals surface area (Å²) in [6.07, 6.45) is 16.5. The Morgan fingerprint density at radius 1 is 0.406 bits per heavy atom. The van der Waals surface area contributed by atoms with Crippen LogP contribution in [0.4, 0.5) is 11.4 Å². The predicted molar refractivity (Wildman–Crippen MR) is 136 cm³/mol.